The second-order valence-electron chi connectivity index (χ2n) is 1.00. The first-order valence-electron chi connectivity index (χ1n) is 6.12. The molecule has 0 unspecified atom stereocenters. The molecule has 1 aliphatic heterocycles. The summed E-state index contributed by atoms with van der Waals surface area (Å²) in [7, 11) is 0. The maximum atomic E-state index is 11.4. The Kier molecular flexibility index (Phi) is 0.176. The van der Waals surface area contributed by atoms with E-state index >= 15 is 0 Å². The third kappa shape index (κ3) is 0.734. The molecule has 40 valence electrons. The quantitative estimate of drug-likeness (QED) is 0.435. The van der Waals surface area contributed by atoms with Crippen LogP contribution in [0.25, 0.3) is 0 Å². The van der Waals surface area contributed by atoms with Gasteiger partial charge in [-0.15, -0.1) is 0 Å². The Balaban J connectivity index is 3.42. The summed E-state index contributed by atoms with van der Waals surface area (Å²) in [6.45, 7) is -6.45. The van der Waals surface area contributed by atoms with Gasteiger partial charge in [0.25, 0.3) is 0 Å². The average Bonchev–Trinajstić information content (AvgIpc) is 2.06. The molecule has 7 heavy (non-hydrogen) atoms. The Labute approximate surface area is 55.8 Å². The number of amides is 1. The first kappa shape index (κ1) is 0.809. The summed E-state index contributed by atoms with van der Waals surface area (Å²) in [4.78, 5) is 11.1. The van der Waals surface area contributed by atoms with Crippen LogP contribution in [0.5, 0.6) is 0 Å². The number of nitrogens with zero attached hydrogens (tertiary/aromatic N) is 1. The third-order valence-corrected chi connectivity index (χ3v) is 0.540. The normalized spacial score (nSPS) is 63.7. The SMILES string of the molecule is [2H]C([2H])([2H])N1C(=O)C([2H])([2H])C([2H])([2H])C1([2H])[2H]. The summed E-state index contributed by atoms with van der Waals surface area (Å²) in [6, 6.07) is 0. The van der Waals surface area contributed by atoms with E-state index in [1.165, 1.54) is 0 Å². The van der Waals surface area contributed by atoms with Gasteiger partial charge in [-0.3, -0.25) is 4.79 Å². The minimum atomic E-state index is -3.23. The van der Waals surface area contributed by atoms with Crippen LogP contribution in [0, 0.1) is 0 Å². The van der Waals surface area contributed by atoms with Gasteiger partial charge in [0.15, 0.2) is 0 Å². The lowest BCUT2D eigenvalue weighted by Crippen LogP contribution is -2.17. The Morgan fingerprint density at radius 3 is 3.29 bits per heavy atom. The molecule has 2 heteroatoms. The molecule has 0 radical (unpaired) electrons. The van der Waals surface area contributed by atoms with Crippen LogP contribution in [0.2, 0.25) is 0 Å². The zero-order chi connectivity index (χ0) is 13.2. The molecule has 0 aromatic rings. The van der Waals surface area contributed by atoms with E-state index in [0.29, 0.717) is 0 Å². The highest BCUT2D eigenvalue weighted by Crippen LogP contribution is 2.04. The van der Waals surface area contributed by atoms with Crippen molar-refractivity contribution in [3.8, 4) is 0 Å². The summed E-state index contributed by atoms with van der Waals surface area (Å²) in [5.41, 5.74) is 0. The van der Waals surface area contributed by atoms with Gasteiger partial charge < -0.3 is 4.90 Å². The van der Waals surface area contributed by atoms with Crippen molar-refractivity contribution in [2.45, 2.75) is 12.7 Å². The van der Waals surface area contributed by atoms with Gasteiger partial charge in [-0.25, -0.2) is 0 Å². The lowest BCUT2D eigenvalue weighted by molar-refractivity contribution is -0.126. The molecule has 1 fully saturated rings. The van der Waals surface area contributed by atoms with E-state index in [-0.39, 0.29) is 4.90 Å². The first-order chi connectivity index (χ1) is 6.78. The average molecular weight is 108 g/mol. The van der Waals surface area contributed by atoms with Crippen LogP contribution >= 0.6 is 0 Å². The van der Waals surface area contributed by atoms with Gasteiger partial charge in [0.05, 0.1) is 0 Å². The molecule has 1 heterocycles. The lowest BCUT2D eigenvalue weighted by Gasteiger charge is -2.03. The Morgan fingerprint density at radius 1 is 2.14 bits per heavy atom. The van der Waals surface area contributed by atoms with Crippen molar-refractivity contribution >= 4 is 5.91 Å². The van der Waals surface area contributed by atoms with Gasteiger partial charge in [0.1, 0.15) is 0 Å². The molecule has 0 bridgehead atoms. The number of hydrogen-bond acceptors (Lipinski definition) is 1. The fourth-order valence-electron chi connectivity index (χ4n) is 0.244. The molecular weight excluding hydrogens is 90.1 g/mol. The maximum Gasteiger partial charge on any atom is 0.222 e. The van der Waals surface area contributed by atoms with E-state index in [2.05, 4.69) is 0 Å². The van der Waals surface area contributed by atoms with Crippen LogP contribution < -0.4 is 0 Å². The summed E-state index contributed by atoms with van der Waals surface area (Å²) in [6.07, 6.45) is -6.43. The summed E-state index contributed by atoms with van der Waals surface area (Å²) >= 11 is 0. The second-order valence-corrected chi connectivity index (χ2v) is 1.00. The molecule has 0 aliphatic carbocycles. The highest BCUT2D eigenvalue weighted by Gasteiger charge is 2.14. The van der Waals surface area contributed by atoms with E-state index in [0.717, 1.165) is 0 Å². The van der Waals surface area contributed by atoms with E-state index in [4.69, 9.17) is 12.3 Å². The van der Waals surface area contributed by atoms with Crippen molar-refractivity contribution in [3.63, 3.8) is 0 Å². The van der Waals surface area contributed by atoms with Crippen LogP contribution in [-0.4, -0.2) is 24.3 Å². The number of carbonyl (C=O) groups excluding carboxylic acids is 1. The minimum absolute atomic E-state index is 0.347. The van der Waals surface area contributed by atoms with Crippen LogP contribution in [0.3, 0.4) is 0 Å². The monoisotopic (exact) mass is 108 g/mol. The van der Waals surface area contributed by atoms with E-state index in [1.807, 2.05) is 0 Å². The molecule has 1 aliphatic rings. The summed E-state index contributed by atoms with van der Waals surface area (Å²) in [5, 5.41) is 0. The molecule has 0 saturated carbocycles. The minimum Gasteiger partial charge on any atom is -0.346 e. The zero-order valence-electron chi connectivity index (χ0n) is 12.4. The molecule has 1 saturated heterocycles. The largest absolute Gasteiger partial charge is 0.346 e. The van der Waals surface area contributed by atoms with E-state index in [1.54, 1.807) is 0 Å². The van der Waals surface area contributed by atoms with Crippen LogP contribution in [0.15, 0.2) is 0 Å². The van der Waals surface area contributed by atoms with Crippen molar-refractivity contribution in [2.24, 2.45) is 0 Å². The number of hydrogen-bond donors (Lipinski definition) is 0. The van der Waals surface area contributed by atoms with Gasteiger partial charge in [-0.1, -0.05) is 0 Å². The lowest BCUT2D eigenvalue weighted by atomic mass is 10.4. The maximum absolute atomic E-state index is 11.4. The molecule has 0 N–H and O–H groups in total. The molecule has 0 aromatic carbocycles. The molecule has 0 spiro atoms. The van der Waals surface area contributed by atoms with Crippen molar-refractivity contribution in [1.82, 2.24) is 4.90 Å². The van der Waals surface area contributed by atoms with Gasteiger partial charge in [0, 0.05) is 32.2 Å². The van der Waals surface area contributed by atoms with Crippen molar-refractivity contribution in [2.75, 3.05) is 13.5 Å². The molecule has 1 amide bonds. The number of likely N-dealkylation sites (tertiary alicyclic amines) is 1. The second kappa shape index (κ2) is 1.52. The topological polar surface area (TPSA) is 20.3 Å². The third-order valence-electron chi connectivity index (χ3n) is 0.540. The Morgan fingerprint density at radius 2 is 3.00 bits per heavy atom. The van der Waals surface area contributed by atoms with Gasteiger partial charge >= 0.3 is 0 Å². The summed E-state index contributed by atoms with van der Waals surface area (Å²) < 4.78 is 64.2. The number of carbonyl (C=O) groups is 1. The highest BCUT2D eigenvalue weighted by atomic mass is 16.2. The van der Waals surface area contributed by atoms with Crippen LogP contribution in [0.1, 0.15) is 25.1 Å². The van der Waals surface area contributed by atoms with Crippen molar-refractivity contribution in [1.29, 1.82) is 0 Å². The molecule has 0 aromatic heterocycles. The zero-order valence-corrected chi connectivity index (χ0v) is 3.36. The van der Waals surface area contributed by atoms with Gasteiger partial charge in [-0.05, 0) is 6.37 Å². The van der Waals surface area contributed by atoms with Gasteiger partial charge in [0.2, 0.25) is 5.91 Å². The predicted octanol–water partition coefficient (Wildman–Crippen LogP) is 0.239. The van der Waals surface area contributed by atoms with Crippen LogP contribution in [0.4, 0.5) is 0 Å². The molecule has 0 atom stereocenters. The van der Waals surface area contributed by atoms with Crippen LogP contribution in [-0.2, 0) is 4.79 Å². The Bertz CT molecular complexity index is 331. The van der Waals surface area contributed by atoms with Crippen molar-refractivity contribution in [3.05, 3.63) is 0 Å². The van der Waals surface area contributed by atoms with Gasteiger partial charge in [-0.2, -0.15) is 0 Å². The fourth-order valence-corrected chi connectivity index (χ4v) is 0.244. The number of rotatable bonds is 0. The molecular formula is C5H9NO. The standard InChI is InChI=1S/C5H9NO/c1-6-4-2-3-5(6)7/h2-4H2,1H3/i1D3,2D2,3D2,4D2. The summed E-state index contributed by atoms with van der Waals surface area (Å²) in [5.74, 6) is -1.71. The fraction of sp³-hybridized carbons (Fsp3) is 0.800. The smallest absolute Gasteiger partial charge is 0.222 e. The Hall–Kier alpha value is -0.530. The van der Waals surface area contributed by atoms with E-state index < -0.39 is 32.1 Å². The first-order valence-corrected chi connectivity index (χ1v) is 1.62. The predicted molar refractivity (Wildman–Crippen MR) is 26.9 cm³/mol. The highest BCUT2D eigenvalue weighted by molar-refractivity contribution is 5.77. The van der Waals surface area contributed by atoms with Crippen molar-refractivity contribution < 1.29 is 17.1 Å². The molecule has 1 rings (SSSR count). The van der Waals surface area contributed by atoms with E-state index in [9.17, 15) is 4.79 Å². The molecule has 2 nitrogen and oxygen atoms in total.